The summed E-state index contributed by atoms with van der Waals surface area (Å²) in [5.74, 6) is 0.940. The average molecular weight is 269 g/mol. The highest BCUT2D eigenvalue weighted by Gasteiger charge is 2.33. The SMILES string of the molecule is CSC1CCCC1NC1CCC(C(C)(C)C)CC1. The van der Waals surface area contributed by atoms with Crippen LogP contribution >= 0.6 is 11.8 Å². The van der Waals surface area contributed by atoms with Gasteiger partial charge in [-0.25, -0.2) is 0 Å². The molecule has 2 aliphatic carbocycles. The van der Waals surface area contributed by atoms with E-state index in [1.165, 1.54) is 44.9 Å². The monoisotopic (exact) mass is 269 g/mol. The van der Waals surface area contributed by atoms with E-state index < -0.39 is 0 Å². The summed E-state index contributed by atoms with van der Waals surface area (Å²) < 4.78 is 0. The normalized spacial score (nSPS) is 38.0. The zero-order valence-electron chi connectivity index (χ0n) is 12.7. The highest BCUT2D eigenvalue weighted by molar-refractivity contribution is 7.99. The molecular weight excluding hydrogens is 238 g/mol. The third-order valence-electron chi connectivity index (χ3n) is 5.16. The van der Waals surface area contributed by atoms with Gasteiger partial charge in [0.05, 0.1) is 0 Å². The van der Waals surface area contributed by atoms with Crippen LogP contribution in [0.3, 0.4) is 0 Å². The summed E-state index contributed by atoms with van der Waals surface area (Å²) in [7, 11) is 0. The largest absolute Gasteiger partial charge is 0.310 e. The first-order valence-corrected chi connectivity index (χ1v) is 9.08. The van der Waals surface area contributed by atoms with Crippen molar-refractivity contribution in [3.8, 4) is 0 Å². The van der Waals surface area contributed by atoms with Crippen LogP contribution in [0.1, 0.15) is 65.7 Å². The minimum absolute atomic E-state index is 0.514. The quantitative estimate of drug-likeness (QED) is 0.811. The Bertz CT molecular complexity index is 250. The van der Waals surface area contributed by atoms with Crippen molar-refractivity contribution in [2.24, 2.45) is 11.3 Å². The lowest BCUT2D eigenvalue weighted by Crippen LogP contribution is -2.44. The van der Waals surface area contributed by atoms with E-state index in [0.717, 1.165) is 23.3 Å². The second-order valence-electron chi connectivity index (χ2n) is 7.39. The summed E-state index contributed by atoms with van der Waals surface area (Å²) in [4.78, 5) is 0. The first-order valence-electron chi connectivity index (χ1n) is 7.79. The van der Waals surface area contributed by atoms with E-state index in [-0.39, 0.29) is 0 Å². The Labute approximate surface area is 118 Å². The minimum atomic E-state index is 0.514. The van der Waals surface area contributed by atoms with Crippen molar-refractivity contribution in [3.63, 3.8) is 0 Å². The zero-order chi connectivity index (χ0) is 13.2. The fourth-order valence-electron chi connectivity index (χ4n) is 3.83. The number of thioether (sulfide) groups is 1. The van der Waals surface area contributed by atoms with Gasteiger partial charge in [-0.05, 0) is 56.1 Å². The number of rotatable bonds is 3. The molecule has 0 spiro atoms. The third-order valence-corrected chi connectivity index (χ3v) is 6.33. The Balaban J connectivity index is 1.77. The van der Waals surface area contributed by atoms with Crippen LogP contribution in [0.2, 0.25) is 0 Å². The molecule has 0 amide bonds. The molecule has 2 saturated carbocycles. The number of nitrogens with one attached hydrogen (secondary N) is 1. The van der Waals surface area contributed by atoms with Crippen molar-refractivity contribution in [2.75, 3.05) is 6.26 Å². The van der Waals surface area contributed by atoms with Crippen LogP contribution in [0.25, 0.3) is 0 Å². The predicted octanol–water partition coefficient (Wildman–Crippen LogP) is 4.47. The fourth-order valence-corrected chi connectivity index (χ4v) is 4.77. The van der Waals surface area contributed by atoms with Crippen LogP contribution in [0.5, 0.6) is 0 Å². The Morgan fingerprint density at radius 1 is 0.944 bits per heavy atom. The molecule has 0 aromatic rings. The summed E-state index contributed by atoms with van der Waals surface area (Å²) in [6, 6.07) is 1.61. The van der Waals surface area contributed by atoms with Crippen LogP contribution in [0, 0.1) is 11.3 Å². The second-order valence-corrected chi connectivity index (χ2v) is 8.47. The molecule has 2 rings (SSSR count). The van der Waals surface area contributed by atoms with Gasteiger partial charge in [0, 0.05) is 17.3 Å². The minimum Gasteiger partial charge on any atom is -0.310 e. The van der Waals surface area contributed by atoms with Crippen LogP contribution in [-0.2, 0) is 0 Å². The van der Waals surface area contributed by atoms with Crippen LogP contribution < -0.4 is 5.32 Å². The van der Waals surface area contributed by atoms with E-state index in [1.54, 1.807) is 0 Å². The van der Waals surface area contributed by atoms with E-state index in [2.05, 4.69) is 44.1 Å². The van der Waals surface area contributed by atoms with Gasteiger partial charge in [0.1, 0.15) is 0 Å². The van der Waals surface area contributed by atoms with Gasteiger partial charge in [-0.2, -0.15) is 11.8 Å². The molecule has 0 saturated heterocycles. The van der Waals surface area contributed by atoms with Crippen molar-refractivity contribution < 1.29 is 0 Å². The Morgan fingerprint density at radius 2 is 1.61 bits per heavy atom. The Morgan fingerprint density at radius 3 is 2.17 bits per heavy atom. The van der Waals surface area contributed by atoms with Gasteiger partial charge < -0.3 is 5.32 Å². The molecule has 0 aromatic heterocycles. The van der Waals surface area contributed by atoms with Crippen LogP contribution in [-0.4, -0.2) is 23.6 Å². The van der Waals surface area contributed by atoms with Gasteiger partial charge in [-0.3, -0.25) is 0 Å². The van der Waals surface area contributed by atoms with Gasteiger partial charge in [0.2, 0.25) is 0 Å². The Hall–Kier alpha value is 0.310. The predicted molar refractivity (Wildman–Crippen MR) is 83.3 cm³/mol. The van der Waals surface area contributed by atoms with Gasteiger partial charge in [-0.15, -0.1) is 0 Å². The average Bonchev–Trinajstić information content (AvgIpc) is 2.76. The molecule has 0 aliphatic heterocycles. The first kappa shape index (κ1) is 14.7. The fraction of sp³-hybridized carbons (Fsp3) is 1.00. The van der Waals surface area contributed by atoms with Crippen molar-refractivity contribution in [1.29, 1.82) is 0 Å². The van der Waals surface area contributed by atoms with E-state index in [0.29, 0.717) is 5.41 Å². The third kappa shape index (κ3) is 3.66. The second kappa shape index (κ2) is 6.17. The maximum absolute atomic E-state index is 3.97. The molecule has 1 nitrogen and oxygen atoms in total. The summed E-state index contributed by atoms with van der Waals surface area (Å²) in [5, 5.41) is 4.85. The lowest BCUT2D eigenvalue weighted by molar-refractivity contribution is 0.156. The molecule has 2 unspecified atom stereocenters. The smallest absolute Gasteiger partial charge is 0.0198 e. The van der Waals surface area contributed by atoms with Crippen LogP contribution in [0.4, 0.5) is 0 Å². The molecular formula is C16H31NS. The molecule has 0 radical (unpaired) electrons. The molecule has 18 heavy (non-hydrogen) atoms. The molecule has 2 aliphatic rings. The standard InChI is InChI=1S/C16H31NS/c1-16(2,3)12-8-10-13(11-9-12)17-14-6-5-7-15(14)18-4/h12-15,17H,5-11H2,1-4H3. The molecule has 2 fully saturated rings. The summed E-state index contributed by atoms with van der Waals surface area (Å²) in [6.07, 6.45) is 12.2. The maximum atomic E-state index is 3.97. The molecule has 0 bridgehead atoms. The number of hydrogen-bond donors (Lipinski definition) is 1. The van der Waals surface area contributed by atoms with Crippen molar-refractivity contribution in [2.45, 2.75) is 83.1 Å². The Kier molecular flexibility index (Phi) is 5.05. The summed E-state index contributed by atoms with van der Waals surface area (Å²) in [6.45, 7) is 7.23. The van der Waals surface area contributed by atoms with Crippen LogP contribution in [0.15, 0.2) is 0 Å². The van der Waals surface area contributed by atoms with E-state index in [9.17, 15) is 0 Å². The van der Waals surface area contributed by atoms with Gasteiger partial charge >= 0.3 is 0 Å². The maximum Gasteiger partial charge on any atom is 0.0198 e. The molecule has 2 atom stereocenters. The molecule has 106 valence electrons. The van der Waals surface area contributed by atoms with E-state index in [1.807, 2.05) is 0 Å². The molecule has 0 aromatic carbocycles. The highest BCUT2D eigenvalue weighted by atomic mass is 32.2. The number of hydrogen-bond acceptors (Lipinski definition) is 2. The molecule has 2 heteroatoms. The molecule has 1 N–H and O–H groups in total. The van der Waals surface area contributed by atoms with Gasteiger partial charge in [-0.1, -0.05) is 27.2 Å². The van der Waals surface area contributed by atoms with Crippen molar-refractivity contribution >= 4 is 11.8 Å². The van der Waals surface area contributed by atoms with Gasteiger partial charge in [0.15, 0.2) is 0 Å². The van der Waals surface area contributed by atoms with E-state index >= 15 is 0 Å². The topological polar surface area (TPSA) is 12.0 Å². The van der Waals surface area contributed by atoms with Crippen molar-refractivity contribution in [1.82, 2.24) is 5.32 Å². The summed E-state index contributed by atoms with van der Waals surface area (Å²) in [5.41, 5.74) is 0.514. The molecule has 0 heterocycles. The highest BCUT2D eigenvalue weighted by Crippen LogP contribution is 2.38. The first-order chi connectivity index (χ1) is 8.50. The van der Waals surface area contributed by atoms with E-state index in [4.69, 9.17) is 0 Å². The zero-order valence-corrected chi connectivity index (χ0v) is 13.5. The van der Waals surface area contributed by atoms with Gasteiger partial charge in [0.25, 0.3) is 0 Å². The lowest BCUT2D eigenvalue weighted by Gasteiger charge is -2.38. The summed E-state index contributed by atoms with van der Waals surface area (Å²) >= 11 is 2.07. The lowest BCUT2D eigenvalue weighted by atomic mass is 9.71. The van der Waals surface area contributed by atoms with Crippen molar-refractivity contribution in [3.05, 3.63) is 0 Å².